The molecule has 0 unspecified atom stereocenters. The number of nitrogens with zero attached hydrogens (tertiary/aromatic N) is 3. The van der Waals surface area contributed by atoms with Crippen molar-refractivity contribution in [1.82, 2.24) is 9.36 Å². The van der Waals surface area contributed by atoms with Gasteiger partial charge >= 0.3 is 0 Å². The number of phenols is 1. The SMILES string of the molecule is CCOc1cc(/C=C(/C#N)C(=O)Nc2c(C)n(C)n(-c3ccccc3)c2=O)ccc1O. The molecule has 0 aliphatic rings. The summed E-state index contributed by atoms with van der Waals surface area (Å²) in [7, 11) is 1.71. The van der Waals surface area contributed by atoms with Crippen LogP contribution in [0, 0.1) is 18.3 Å². The molecule has 0 aliphatic heterocycles. The van der Waals surface area contributed by atoms with E-state index in [4.69, 9.17) is 4.74 Å². The van der Waals surface area contributed by atoms with Gasteiger partial charge in [0.1, 0.15) is 17.3 Å². The summed E-state index contributed by atoms with van der Waals surface area (Å²) in [5.41, 5.74) is 1.20. The first-order valence-electron chi connectivity index (χ1n) is 9.60. The Kier molecular flexibility index (Phi) is 6.26. The average Bonchev–Trinajstić information content (AvgIpc) is 2.98. The number of hydrogen-bond acceptors (Lipinski definition) is 5. The lowest BCUT2D eigenvalue weighted by Gasteiger charge is -2.07. The number of ether oxygens (including phenoxy) is 1. The third-order valence-corrected chi connectivity index (χ3v) is 4.75. The molecule has 0 fully saturated rings. The summed E-state index contributed by atoms with van der Waals surface area (Å²) in [5.74, 6) is -0.499. The molecule has 8 heteroatoms. The first-order chi connectivity index (χ1) is 14.9. The molecule has 3 aromatic rings. The standard InChI is InChI=1S/C23H22N4O4/c1-4-31-20-13-16(10-11-19(20)28)12-17(14-24)22(29)25-21-15(2)26(3)27(23(21)30)18-8-6-5-7-9-18/h5-13,28H,4H2,1-3H3,(H,25,29)/b17-12-. The molecule has 8 nitrogen and oxygen atoms in total. The van der Waals surface area contributed by atoms with Crippen LogP contribution in [0.15, 0.2) is 58.9 Å². The van der Waals surface area contributed by atoms with Crippen molar-refractivity contribution >= 4 is 17.7 Å². The van der Waals surface area contributed by atoms with Gasteiger partial charge < -0.3 is 15.2 Å². The number of hydrogen-bond donors (Lipinski definition) is 2. The predicted molar refractivity (Wildman–Crippen MR) is 117 cm³/mol. The third-order valence-electron chi connectivity index (χ3n) is 4.75. The van der Waals surface area contributed by atoms with E-state index in [0.717, 1.165) is 0 Å². The van der Waals surface area contributed by atoms with Gasteiger partial charge in [0, 0.05) is 7.05 Å². The number of aromatic nitrogens is 2. The minimum absolute atomic E-state index is 0.0386. The van der Waals surface area contributed by atoms with Crippen LogP contribution in [0.3, 0.4) is 0 Å². The Morgan fingerprint density at radius 1 is 1.26 bits per heavy atom. The molecule has 0 saturated carbocycles. The van der Waals surface area contributed by atoms with Crippen molar-refractivity contribution in [2.45, 2.75) is 13.8 Å². The Bertz CT molecular complexity index is 1250. The van der Waals surface area contributed by atoms with Crippen molar-refractivity contribution in [2.24, 2.45) is 7.05 Å². The van der Waals surface area contributed by atoms with Crippen LogP contribution in [0.4, 0.5) is 5.69 Å². The lowest BCUT2D eigenvalue weighted by Crippen LogP contribution is -2.23. The fourth-order valence-electron chi connectivity index (χ4n) is 3.10. The molecule has 0 saturated heterocycles. The molecule has 0 spiro atoms. The van der Waals surface area contributed by atoms with Crippen molar-refractivity contribution < 1.29 is 14.6 Å². The lowest BCUT2D eigenvalue weighted by molar-refractivity contribution is -0.112. The highest BCUT2D eigenvalue weighted by Crippen LogP contribution is 2.28. The van der Waals surface area contributed by atoms with E-state index in [1.807, 2.05) is 24.3 Å². The van der Waals surface area contributed by atoms with Crippen LogP contribution in [0.5, 0.6) is 11.5 Å². The van der Waals surface area contributed by atoms with E-state index in [1.54, 1.807) is 43.8 Å². The summed E-state index contributed by atoms with van der Waals surface area (Å²) < 4.78 is 8.40. The molecule has 1 amide bonds. The largest absolute Gasteiger partial charge is 0.504 e. The summed E-state index contributed by atoms with van der Waals surface area (Å²) >= 11 is 0. The smallest absolute Gasteiger partial charge is 0.295 e. The van der Waals surface area contributed by atoms with Crippen LogP contribution in [0.2, 0.25) is 0 Å². The number of benzene rings is 2. The zero-order chi connectivity index (χ0) is 22.5. The number of nitriles is 1. The molecule has 2 N–H and O–H groups in total. The first-order valence-corrected chi connectivity index (χ1v) is 9.60. The second-order valence-electron chi connectivity index (χ2n) is 6.72. The summed E-state index contributed by atoms with van der Waals surface area (Å²) in [6.45, 7) is 3.84. The van der Waals surface area contributed by atoms with Gasteiger partial charge in [0.15, 0.2) is 11.5 Å². The number of nitrogens with one attached hydrogen (secondary N) is 1. The van der Waals surface area contributed by atoms with Gasteiger partial charge in [0.25, 0.3) is 11.5 Å². The molecule has 0 aliphatic carbocycles. The van der Waals surface area contributed by atoms with Crippen molar-refractivity contribution in [3.63, 3.8) is 0 Å². The third kappa shape index (κ3) is 4.36. The monoisotopic (exact) mass is 418 g/mol. The van der Waals surface area contributed by atoms with Crippen LogP contribution in [0.25, 0.3) is 11.8 Å². The zero-order valence-corrected chi connectivity index (χ0v) is 17.4. The van der Waals surface area contributed by atoms with E-state index < -0.39 is 11.5 Å². The van der Waals surface area contributed by atoms with Crippen LogP contribution in [-0.4, -0.2) is 27.0 Å². The molecule has 3 rings (SSSR count). The second kappa shape index (κ2) is 9.05. The van der Waals surface area contributed by atoms with E-state index in [-0.39, 0.29) is 22.8 Å². The predicted octanol–water partition coefficient (Wildman–Crippen LogP) is 3.13. The summed E-state index contributed by atoms with van der Waals surface area (Å²) in [4.78, 5) is 25.7. The number of aromatic hydroxyl groups is 1. The normalized spacial score (nSPS) is 11.1. The number of amides is 1. The van der Waals surface area contributed by atoms with Gasteiger partial charge in [-0.3, -0.25) is 14.3 Å². The molecule has 2 aromatic carbocycles. The van der Waals surface area contributed by atoms with Crippen molar-refractivity contribution in [2.75, 3.05) is 11.9 Å². The molecule has 0 atom stereocenters. The van der Waals surface area contributed by atoms with E-state index in [9.17, 15) is 20.0 Å². The Morgan fingerprint density at radius 3 is 2.61 bits per heavy atom. The summed E-state index contributed by atoms with van der Waals surface area (Å²) in [5, 5.41) is 21.9. The summed E-state index contributed by atoms with van der Waals surface area (Å²) in [6.07, 6.45) is 1.37. The second-order valence-corrected chi connectivity index (χ2v) is 6.72. The van der Waals surface area contributed by atoms with Crippen molar-refractivity contribution in [3.05, 3.63) is 75.7 Å². The fourth-order valence-corrected chi connectivity index (χ4v) is 3.10. The van der Waals surface area contributed by atoms with Crippen LogP contribution in [0.1, 0.15) is 18.2 Å². The molecular formula is C23H22N4O4. The quantitative estimate of drug-likeness (QED) is 0.472. The minimum Gasteiger partial charge on any atom is -0.504 e. The molecule has 1 heterocycles. The van der Waals surface area contributed by atoms with Gasteiger partial charge in [0.2, 0.25) is 0 Å². The van der Waals surface area contributed by atoms with Gasteiger partial charge in [-0.25, -0.2) is 4.68 Å². The maximum absolute atomic E-state index is 13.0. The number of carbonyl (C=O) groups is 1. The number of rotatable bonds is 6. The Balaban J connectivity index is 1.94. The first kappa shape index (κ1) is 21.5. The highest BCUT2D eigenvalue weighted by atomic mass is 16.5. The number of carbonyl (C=O) groups excluding carboxylic acids is 1. The maximum atomic E-state index is 13.0. The Morgan fingerprint density at radius 2 is 1.97 bits per heavy atom. The fraction of sp³-hybridized carbons (Fsp3) is 0.174. The number of para-hydroxylation sites is 1. The highest BCUT2D eigenvalue weighted by molar-refractivity contribution is 6.09. The Hall–Kier alpha value is -4.25. The van der Waals surface area contributed by atoms with E-state index >= 15 is 0 Å². The highest BCUT2D eigenvalue weighted by Gasteiger charge is 2.20. The summed E-state index contributed by atoms with van der Waals surface area (Å²) in [6, 6.07) is 15.4. The molecule has 31 heavy (non-hydrogen) atoms. The van der Waals surface area contributed by atoms with Crippen LogP contribution < -0.4 is 15.6 Å². The van der Waals surface area contributed by atoms with Crippen molar-refractivity contribution in [1.29, 1.82) is 5.26 Å². The number of anilines is 1. The molecule has 0 radical (unpaired) electrons. The molecule has 1 aromatic heterocycles. The average molecular weight is 418 g/mol. The van der Waals surface area contributed by atoms with E-state index in [1.165, 1.54) is 22.9 Å². The topological polar surface area (TPSA) is 109 Å². The zero-order valence-electron chi connectivity index (χ0n) is 17.4. The maximum Gasteiger partial charge on any atom is 0.295 e. The van der Waals surface area contributed by atoms with E-state index in [2.05, 4.69) is 5.32 Å². The van der Waals surface area contributed by atoms with Gasteiger partial charge in [-0.15, -0.1) is 0 Å². The van der Waals surface area contributed by atoms with Crippen molar-refractivity contribution in [3.8, 4) is 23.3 Å². The lowest BCUT2D eigenvalue weighted by atomic mass is 10.1. The van der Waals surface area contributed by atoms with Gasteiger partial charge in [-0.2, -0.15) is 5.26 Å². The van der Waals surface area contributed by atoms with E-state index in [0.29, 0.717) is 23.6 Å². The van der Waals surface area contributed by atoms with Gasteiger partial charge in [-0.05, 0) is 49.8 Å². The van der Waals surface area contributed by atoms with Gasteiger partial charge in [-0.1, -0.05) is 24.3 Å². The Labute approximate surface area is 179 Å². The molecule has 158 valence electrons. The van der Waals surface area contributed by atoms with Crippen LogP contribution >= 0.6 is 0 Å². The number of phenolic OH excluding ortho intramolecular Hbond substituents is 1. The molecule has 0 bridgehead atoms. The van der Waals surface area contributed by atoms with Crippen LogP contribution in [-0.2, 0) is 11.8 Å². The van der Waals surface area contributed by atoms with Gasteiger partial charge in [0.05, 0.1) is 18.0 Å². The minimum atomic E-state index is -0.709. The molecular weight excluding hydrogens is 396 g/mol.